The summed E-state index contributed by atoms with van der Waals surface area (Å²) in [7, 11) is 0. The van der Waals surface area contributed by atoms with Crippen molar-refractivity contribution >= 4 is 11.7 Å². The average Bonchev–Trinajstić information content (AvgIpc) is 2.48. The number of hydrogen-bond acceptors (Lipinski definition) is 2. The molecule has 1 spiro atoms. The van der Waals surface area contributed by atoms with Gasteiger partial charge in [-0.05, 0) is 62.3 Å². The number of nitrogens with zero attached hydrogens (tertiary/aromatic N) is 2. The lowest BCUT2D eigenvalue weighted by Crippen LogP contribution is -2.64. The van der Waals surface area contributed by atoms with Gasteiger partial charge in [-0.15, -0.1) is 0 Å². The van der Waals surface area contributed by atoms with E-state index in [9.17, 15) is 4.79 Å². The van der Waals surface area contributed by atoms with Crippen LogP contribution in [0.1, 0.15) is 44.6 Å². The van der Waals surface area contributed by atoms with Crippen LogP contribution < -0.4 is 5.32 Å². The SMILES string of the molecule is CC1CCC2(CC1)CCN2C(=O)Nc1ccc(C#N)cc1. The van der Waals surface area contributed by atoms with Gasteiger partial charge in [-0.2, -0.15) is 5.26 Å². The van der Waals surface area contributed by atoms with Crippen LogP contribution in [0.25, 0.3) is 0 Å². The zero-order valence-electron chi connectivity index (χ0n) is 12.4. The van der Waals surface area contributed by atoms with Crippen LogP contribution in [0.3, 0.4) is 0 Å². The predicted octanol–water partition coefficient (Wildman–Crippen LogP) is 3.74. The first-order valence-corrected chi connectivity index (χ1v) is 7.72. The Morgan fingerprint density at radius 3 is 2.48 bits per heavy atom. The summed E-state index contributed by atoms with van der Waals surface area (Å²) in [4.78, 5) is 14.5. The minimum absolute atomic E-state index is 0.000473. The van der Waals surface area contributed by atoms with Crippen LogP contribution in [-0.2, 0) is 0 Å². The summed E-state index contributed by atoms with van der Waals surface area (Å²) < 4.78 is 0. The Kier molecular flexibility index (Phi) is 3.59. The van der Waals surface area contributed by atoms with Gasteiger partial charge in [-0.3, -0.25) is 0 Å². The number of carbonyl (C=O) groups is 1. The average molecular weight is 283 g/mol. The van der Waals surface area contributed by atoms with Crippen LogP contribution in [-0.4, -0.2) is 23.0 Å². The first-order chi connectivity index (χ1) is 10.1. The summed E-state index contributed by atoms with van der Waals surface area (Å²) in [6.45, 7) is 3.16. The topological polar surface area (TPSA) is 56.1 Å². The summed E-state index contributed by atoms with van der Waals surface area (Å²) in [5, 5.41) is 11.7. The Balaban J connectivity index is 1.64. The van der Waals surface area contributed by atoms with Gasteiger partial charge in [0.1, 0.15) is 0 Å². The van der Waals surface area contributed by atoms with Gasteiger partial charge in [0.25, 0.3) is 0 Å². The van der Waals surface area contributed by atoms with E-state index < -0.39 is 0 Å². The first kappa shape index (κ1) is 13.9. The van der Waals surface area contributed by atoms with E-state index in [1.54, 1.807) is 24.3 Å². The number of anilines is 1. The van der Waals surface area contributed by atoms with E-state index in [-0.39, 0.29) is 11.6 Å². The van der Waals surface area contributed by atoms with Gasteiger partial charge in [0.05, 0.1) is 11.6 Å². The maximum atomic E-state index is 12.5. The number of benzene rings is 1. The van der Waals surface area contributed by atoms with Gasteiger partial charge in [0.2, 0.25) is 0 Å². The number of urea groups is 1. The van der Waals surface area contributed by atoms with Crippen LogP contribution in [0.15, 0.2) is 24.3 Å². The van der Waals surface area contributed by atoms with Crippen molar-refractivity contribution in [1.82, 2.24) is 4.90 Å². The van der Waals surface area contributed by atoms with E-state index in [1.807, 2.05) is 4.90 Å². The highest BCUT2D eigenvalue weighted by Crippen LogP contribution is 2.44. The highest BCUT2D eigenvalue weighted by molar-refractivity contribution is 5.90. The van der Waals surface area contributed by atoms with E-state index >= 15 is 0 Å². The Morgan fingerprint density at radius 1 is 1.29 bits per heavy atom. The van der Waals surface area contributed by atoms with Crippen LogP contribution >= 0.6 is 0 Å². The molecule has 1 aromatic carbocycles. The fraction of sp³-hybridized carbons (Fsp3) is 0.529. The Morgan fingerprint density at radius 2 is 1.95 bits per heavy atom. The fourth-order valence-corrected chi connectivity index (χ4v) is 3.50. The fourth-order valence-electron chi connectivity index (χ4n) is 3.50. The van der Waals surface area contributed by atoms with E-state index in [1.165, 1.54) is 12.8 Å². The molecule has 4 nitrogen and oxygen atoms in total. The molecule has 0 atom stereocenters. The molecule has 1 aromatic rings. The minimum atomic E-state index is 0.000473. The van der Waals surface area contributed by atoms with Gasteiger partial charge < -0.3 is 10.2 Å². The number of rotatable bonds is 1. The van der Waals surface area contributed by atoms with E-state index in [2.05, 4.69) is 18.3 Å². The maximum Gasteiger partial charge on any atom is 0.322 e. The monoisotopic (exact) mass is 283 g/mol. The van der Waals surface area contributed by atoms with Crippen LogP contribution in [0, 0.1) is 17.2 Å². The number of carbonyl (C=O) groups excluding carboxylic acids is 1. The quantitative estimate of drug-likeness (QED) is 0.853. The molecule has 2 aliphatic rings. The number of nitriles is 1. The number of amides is 2. The third-order valence-corrected chi connectivity index (χ3v) is 5.09. The molecule has 0 unspecified atom stereocenters. The van der Waals surface area contributed by atoms with Crippen molar-refractivity contribution < 1.29 is 4.79 Å². The summed E-state index contributed by atoms with van der Waals surface area (Å²) in [6.07, 6.45) is 5.85. The lowest BCUT2D eigenvalue weighted by atomic mass is 9.70. The van der Waals surface area contributed by atoms with Gasteiger partial charge >= 0.3 is 6.03 Å². The minimum Gasteiger partial charge on any atom is -0.319 e. The van der Waals surface area contributed by atoms with Crippen LogP contribution in [0.4, 0.5) is 10.5 Å². The number of likely N-dealkylation sites (tertiary alicyclic amines) is 1. The smallest absolute Gasteiger partial charge is 0.319 e. The molecular formula is C17H21N3O. The lowest BCUT2D eigenvalue weighted by Gasteiger charge is -2.55. The third kappa shape index (κ3) is 2.61. The van der Waals surface area contributed by atoms with Crippen molar-refractivity contribution in [3.8, 4) is 6.07 Å². The molecular weight excluding hydrogens is 262 g/mol. The summed E-state index contributed by atoms with van der Waals surface area (Å²) in [5.41, 5.74) is 1.48. The van der Waals surface area contributed by atoms with Crippen molar-refractivity contribution in [2.45, 2.75) is 44.6 Å². The maximum absolute atomic E-state index is 12.5. The highest BCUT2D eigenvalue weighted by atomic mass is 16.2. The lowest BCUT2D eigenvalue weighted by molar-refractivity contribution is -0.00938. The Hall–Kier alpha value is -2.02. The van der Waals surface area contributed by atoms with E-state index in [0.717, 1.165) is 37.4 Å². The molecule has 4 heteroatoms. The van der Waals surface area contributed by atoms with E-state index in [0.29, 0.717) is 5.56 Å². The van der Waals surface area contributed by atoms with Crippen LogP contribution in [0.2, 0.25) is 0 Å². The Labute approximate surface area is 125 Å². The van der Waals surface area contributed by atoms with Crippen molar-refractivity contribution in [2.24, 2.45) is 5.92 Å². The summed E-state index contributed by atoms with van der Waals surface area (Å²) in [6, 6.07) is 9.10. The Bertz CT molecular complexity index is 565. The molecule has 2 fully saturated rings. The molecule has 21 heavy (non-hydrogen) atoms. The first-order valence-electron chi connectivity index (χ1n) is 7.72. The van der Waals surface area contributed by atoms with E-state index in [4.69, 9.17) is 5.26 Å². The van der Waals surface area contributed by atoms with Gasteiger partial charge in [-0.1, -0.05) is 6.92 Å². The second kappa shape index (κ2) is 5.40. The number of nitrogens with one attached hydrogen (secondary N) is 1. The molecule has 2 amide bonds. The highest BCUT2D eigenvalue weighted by Gasteiger charge is 2.48. The zero-order valence-corrected chi connectivity index (χ0v) is 12.4. The second-order valence-electron chi connectivity index (χ2n) is 6.43. The molecule has 110 valence electrons. The molecule has 3 rings (SSSR count). The molecule has 0 radical (unpaired) electrons. The van der Waals surface area contributed by atoms with Crippen molar-refractivity contribution in [3.05, 3.63) is 29.8 Å². The molecule has 1 aliphatic carbocycles. The van der Waals surface area contributed by atoms with Crippen molar-refractivity contribution in [2.75, 3.05) is 11.9 Å². The molecule has 1 saturated carbocycles. The molecule has 1 aliphatic heterocycles. The van der Waals surface area contributed by atoms with Gasteiger partial charge in [0.15, 0.2) is 0 Å². The third-order valence-electron chi connectivity index (χ3n) is 5.09. The zero-order chi connectivity index (χ0) is 14.9. The predicted molar refractivity (Wildman–Crippen MR) is 81.9 cm³/mol. The molecule has 0 bridgehead atoms. The summed E-state index contributed by atoms with van der Waals surface area (Å²) in [5.74, 6) is 0.791. The molecule has 1 saturated heterocycles. The van der Waals surface area contributed by atoms with Gasteiger partial charge in [0, 0.05) is 17.8 Å². The molecule has 1 heterocycles. The normalized spacial score (nSPS) is 27.8. The molecule has 1 N–H and O–H groups in total. The summed E-state index contributed by atoms with van der Waals surface area (Å²) >= 11 is 0. The number of hydrogen-bond donors (Lipinski definition) is 1. The van der Waals surface area contributed by atoms with Crippen LogP contribution in [0.5, 0.6) is 0 Å². The van der Waals surface area contributed by atoms with Crippen molar-refractivity contribution in [3.63, 3.8) is 0 Å². The second-order valence-corrected chi connectivity index (χ2v) is 6.43. The molecule has 0 aromatic heterocycles. The van der Waals surface area contributed by atoms with Crippen molar-refractivity contribution in [1.29, 1.82) is 5.26 Å². The van der Waals surface area contributed by atoms with Gasteiger partial charge in [-0.25, -0.2) is 4.79 Å². The standard InChI is InChI=1S/C17H21N3O/c1-13-6-8-17(9-7-13)10-11-20(17)16(21)19-15-4-2-14(12-18)3-5-15/h2-5,13H,6-11H2,1H3,(H,19,21). The largest absolute Gasteiger partial charge is 0.322 e.